The first-order valence-electron chi connectivity index (χ1n) is 6.13. The van der Waals surface area contributed by atoms with Crippen LogP contribution in [0, 0.1) is 18.6 Å². The molecule has 0 aliphatic rings. The Morgan fingerprint density at radius 3 is 2.50 bits per heavy atom. The van der Waals surface area contributed by atoms with Gasteiger partial charge in [-0.2, -0.15) is 0 Å². The lowest BCUT2D eigenvalue weighted by Crippen LogP contribution is -2.30. The molecule has 106 valence electrons. The average molecular weight is 278 g/mol. The smallest absolute Gasteiger partial charge is 0.132 e. The molecule has 0 bridgehead atoms. The number of aryl methyl sites for hydroxylation is 1. The van der Waals surface area contributed by atoms with Gasteiger partial charge in [0.25, 0.3) is 0 Å². The Kier molecular flexibility index (Phi) is 4.32. The van der Waals surface area contributed by atoms with Gasteiger partial charge in [-0.1, -0.05) is 18.2 Å². The molecule has 0 radical (unpaired) electrons. The summed E-state index contributed by atoms with van der Waals surface area (Å²) in [5, 5.41) is 0. The molecule has 0 saturated heterocycles. The second kappa shape index (κ2) is 5.98. The van der Waals surface area contributed by atoms with Crippen molar-refractivity contribution < 1.29 is 13.5 Å². The molecule has 20 heavy (non-hydrogen) atoms. The Morgan fingerprint density at radius 2 is 1.90 bits per heavy atom. The van der Waals surface area contributed by atoms with Gasteiger partial charge in [0.15, 0.2) is 0 Å². The molecule has 0 spiro atoms. The molecule has 0 saturated carbocycles. The molecule has 2 aromatic carbocycles. The summed E-state index contributed by atoms with van der Waals surface area (Å²) in [7, 11) is 1.46. The van der Waals surface area contributed by atoms with Crippen molar-refractivity contribution in [3.05, 3.63) is 64.7 Å². The number of ether oxygens (including phenoxy) is 1. The molecule has 3 nitrogen and oxygen atoms in total. The van der Waals surface area contributed by atoms with Crippen molar-refractivity contribution in [1.82, 2.24) is 5.43 Å². The third-order valence-corrected chi connectivity index (χ3v) is 3.20. The zero-order valence-corrected chi connectivity index (χ0v) is 11.3. The molecular weight excluding hydrogens is 262 g/mol. The molecule has 0 aliphatic heterocycles. The maximum atomic E-state index is 14.1. The fraction of sp³-hybridized carbons (Fsp3) is 0.200. The first-order chi connectivity index (χ1) is 9.58. The lowest BCUT2D eigenvalue weighted by Gasteiger charge is -2.20. The minimum absolute atomic E-state index is 0.295. The van der Waals surface area contributed by atoms with Crippen LogP contribution in [-0.4, -0.2) is 7.11 Å². The minimum atomic E-state index is -0.620. The Balaban J connectivity index is 2.55. The third kappa shape index (κ3) is 2.64. The molecule has 2 aromatic rings. The molecule has 2 rings (SSSR count). The van der Waals surface area contributed by atoms with Gasteiger partial charge in [0.2, 0.25) is 0 Å². The number of nitrogens with two attached hydrogens (primary N) is 1. The Bertz CT molecular complexity index is 617. The summed E-state index contributed by atoms with van der Waals surface area (Å²) in [6.45, 7) is 1.64. The predicted octanol–water partition coefficient (Wildman–Crippen LogP) is 2.83. The first-order valence-corrected chi connectivity index (χ1v) is 6.13. The van der Waals surface area contributed by atoms with Crippen molar-refractivity contribution in [1.29, 1.82) is 0 Å². The van der Waals surface area contributed by atoms with Crippen LogP contribution in [0.2, 0.25) is 0 Å². The van der Waals surface area contributed by atoms with E-state index in [1.165, 1.54) is 19.2 Å². The molecule has 0 aliphatic carbocycles. The van der Waals surface area contributed by atoms with Crippen molar-refractivity contribution in [2.75, 3.05) is 7.11 Å². The van der Waals surface area contributed by atoms with Crippen molar-refractivity contribution >= 4 is 0 Å². The zero-order valence-electron chi connectivity index (χ0n) is 11.3. The molecule has 1 unspecified atom stereocenters. The number of hydrazine groups is 1. The van der Waals surface area contributed by atoms with Gasteiger partial charge < -0.3 is 4.74 Å². The summed E-state index contributed by atoms with van der Waals surface area (Å²) in [5.41, 5.74) is 3.98. The predicted molar refractivity (Wildman–Crippen MR) is 73.3 cm³/mol. The molecule has 5 heteroatoms. The van der Waals surface area contributed by atoms with E-state index < -0.39 is 11.9 Å². The number of methoxy groups -OCH3 is 1. The van der Waals surface area contributed by atoms with E-state index in [1.807, 2.05) is 0 Å². The van der Waals surface area contributed by atoms with Crippen LogP contribution in [0.1, 0.15) is 22.7 Å². The fourth-order valence-electron chi connectivity index (χ4n) is 2.17. The summed E-state index contributed by atoms with van der Waals surface area (Å²) in [6, 6.07) is 8.46. The molecule has 1 atom stereocenters. The van der Waals surface area contributed by atoms with Crippen LogP contribution in [0.15, 0.2) is 36.4 Å². The van der Waals surface area contributed by atoms with Gasteiger partial charge in [-0.05, 0) is 36.2 Å². The van der Waals surface area contributed by atoms with Gasteiger partial charge in [-0.25, -0.2) is 14.2 Å². The number of rotatable bonds is 4. The van der Waals surface area contributed by atoms with Gasteiger partial charge in [0.1, 0.15) is 17.4 Å². The summed E-state index contributed by atoms with van der Waals surface area (Å²) < 4.78 is 32.6. The van der Waals surface area contributed by atoms with Crippen LogP contribution in [0.4, 0.5) is 8.78 Å². The highest BCUT2D eigenvalue weighted by atomic mass is 19.1. The Hall–Kier alpha value is -1.98. The van der Waals surface area contributed by atoms with Crippen LogP contribution >= 0.6 is 0 Å². The van der Waals surface area contributed by atoms with Crippen LogP contribution in [-0.2, 0) is 0 Å². The van der Waals surface area contributed by atoms with Crippen LogP contribution in [0.5, 0.6) is 5.75 Å². The van der Waals surface area contributed by atoms with Gasteiger partial charge in [0.05, 0.1) is 18.7 Å². The normalized spacial score (nSPS) is 12.2. The Morgan fingerprint density at radius 1 is 1.15 bits per heavy atom. The first kappa shape index (κ1) is 14.4. The summed E-state index contributed by atoms with van der Waals surface area (Å²) in [5.74, 6) is 5.18. The van der Waals surface area contributed by atoms with E-state index in [9.17, 15) is 8.78 Å². The Labute approximate surface area is 116 Å². The number of hydrogen-bond donors (Lipinski definition) is 2. The molecule has 0 heterocycles. The largest absolute Gasteiger partial charge is 0.496 e. The highest BCUT2D eigenvalue weighted by molar-refractivity contribution is 5.43. The van der Waals surface area contributed by atoms with E-state index in [4.69, 9.17) is 10.6 Å². The van der Waals surface area contributed by atoms with Crippen molar-refractivity contribution in [3.8, 4) is 5.75 Å². The topological polar surface area (TPSA) is 47.3 Å². The van der Waals surface area contributed by atoms with Crippen LogP contribution in [0.3, 0.4) is 0 Å². The quantitative estimate of drug-likeness (QED) is 0.668. The summed E-state index contributed by atoms with van der Waals surface area (Å²) in [4.78, 5) is 0. The number of benzene rings is 2. The van der Waals surface area contributed by atoms with E-state index in [1.54, 1.807) is 31.2 Å². The van der Waals surface area contributed by atoms with Gasteiger partial charge in [-0.3, -0.25) is 5.84 Å². The molecule has 3 N–H and O–H groups in total. The third-order valence-electron chi connectivity index (χ3n) is 3.20. The second-order valence-electron chi connectivity index (χ2n) is 4.46. The number of halogens is 2. The zero-order chi connectivity index (χ0) is 14.7. The summed E-state index contributed by atoms with van der Waals surface area (Å²) in [6.07, 6.45) is 0. The van der Waals surface area contributed by atoms with Gasteiger partial charge in [0, 0.05) is 0 Å². The number of hydrogen-bond acceptors (Lipinski definition) is 3. The van der Waals surface area contributed by atoms with Crippen LogP contribution < -0.4 is 16.0 Å². The van der Waals surface area contributed by atoms with Crippen molar-refractivity contribution in [2.24, 2.45) is 5.84 Å². The standard InChI is InChI=1S/C15H16F2N2O/c1-9-8-10(6-7-11(9)16)15(19-18)14-12(17)4-3-5-13(14)20-2/h3-8,15,19H,18H2,1-2H3. The SMILES string of the molecule is COc1cccc(F)c1C(NN)c1ccc(F)c(C)c1. The molecule has 0 fully saturated rings. The van der Waals surface area contributed by atoms with Crippen molar-refractivity contribution in [2.45, 2.75) is 13.0 Å². The van der Waals surface area contributed by atoms with E-state index in [-0.39, 0.29) is 5.82 Å². The van der Waals surface area contributed by atoms with E-state index in [0.717, 1.165) is 0 Å². The second-order valence-corrected chi connectivity index (χ2v) is 4.46. The monoisotopic (exact) mass is 278 g/mol. The highest BCUT2D eigenvalue weighted by Gasteiger charge is 2.21. The highest BCUT2D eigenvalue weighted by Crippen LogP contribution is 2.32. The van der Waals surface area contributed by atoms with E-state index in [2.05, 4.69) is 5.43 Å². The van der Waals surface area contributed by atoms with E-state index in [0.29, 0.717) is 22.4 Å². The molecule has 0 aromatic heterocycles. The summed E-state index contributed by atoms with van der Waals surface area (Å²) >= 11 is 0. The van der Waals surface area contributed by atoms with E-state index >= 15 is 0 Å². The maximum absolute atomic E-state index is 14.1. The lowest BCUT2D eigenvalue weighted by atomic mass is 9.96. The fourth-order valence-corrected chi connectivity index (χ4v) is 2.17. The van der Waals surface area contributed by atoms with Crippen LogP contribution in [0.25, 0.3) is 0 Å². The minimum Gasteiger partial charge on any atom is -0.496 e. The lowest BCUT2D eigenvalue weighted by molar-refractivity contribution is 0.397. The van der Waals surface area contributed by atoms with Crippen molar-refractivity contribution in [3.63, 3.8) is 0 Å². The van der Waals surface area contributed by atoms with Gasteiger partial charge in [-0.15, -0.1) is 0 Å². The van der Waals surface area contributed by atoms with Gasteiger partial charge >= 0.3 is 0 Å². The number of nitrogens with one attached hydrogen (secondary N) is 1. The molecular formula is C15H16F2N2O. The maximum Gasteiger partial charge on any atom is 0.132 e. The average Bonchev–Trinajstić information content (AvgIpc) is 2.45. The molecule has 0 amide bonds.